The standard InChI is InChI=1S/C6H18N4/c1-2-4-10(9)5-3-6(7)8/h6H,2-5,7-9H2,1H3. The van der Waals surface area contributed by atoms with Crippen LogP contribution in [0.4, 0.5) is 0 Å². The number of hydrazine groups is 1. The van der Waals surface area contributed by atoms with Crippen molar-refractivity contribution in [1.82, 2.24) is 5.01 Å². The monoisotopic (exact) mass is 146 g/mol. The number of hydrogen-bond acceptors (Lipinski definition) is 4. The Labute approximate surface area is 62.3 Å². The van der Waals surface area contributed by atoms with Crippen LogP contribution in [0.15, 0.2) is 0 Å². The first kappa shape index (κ1) is 9.84. The Hall–Kier alpha value is -0.160. The van der Waals surface area contributed by atoms with Gasteiger partial charge in [-0.1, -0.05) is 6.92 Å². The van der Waals surface area contributed by atoms with Crippen LogP contribution in [0.3, 0.4) is 0 Å². The zero-order valence-electron chi connectivity index (χ0n) is 6.59. The lowest BCUT2D eigenvalue weighted by molar-refractivity contribution is 0.272. The van der Waals surface area contributed by atoms with E-state index in [1.807, 2.05) is 0 Å². The van der Waals surface area contributed by atoms with Crippen molar-refractivity contribution in [3.8, 4) is 0 Å². The van der Waals surface area contributed by atoms with E-state index in [0.29, 0.717) is 0 Å². The summed E-state index contributed by atoms with van der Waals surface area (Å²) >= 11 is 0. The van der Waals surface area contributed by atoms with Gasteiger partial charge in [-0.05, 0) is 12.8 Å². The lowest BCUT2D eigenvalue weighted by Crippen LogP contribution is -2.39. The zero-order valence-corrected chi connectivity index (χ0v) is 6.59. The minimum absolute atomic E-state index is 0.233. The molecule has 0 unspecified atom stereocenters. The van der Waals surface area contributed by atoms with Crippen molar-refractivity contribution >= 4 is 0 Å². The van der Waals surface area contributed by atoms with Crippen molar-refractivity contribution in [2.24, 2.45) is 17.3 Å². The van der Waals surface area contributed by atoms with E-state index in [-0.39, 0.29) is 6.17 Å². The highest BCUT2D eigenvalue weighted by Gasteiger charge is 1.98. The molecule has 4 nitrogen and oxygen atoms in total. The molecule has 0 aliphatic rings. The fourth-order valence-electron chi connectivity index (χ4n) is 0.714. The highest BCUT2D eigenvalue weighted by atomic mass is 15.4. The first-order valence-electron chi connectivity index (χ1n) is 3.67. The van der Waals surface area contributed by atoms with Crippen molar-refractivity contribution in [1.29, 1.82) is 0 Å². The second kappa shape index (κ2) is 5.61. The normalized spacial score (nSPS) is 11.4. The molecule has 0 spiro atoms. The third-order valence-electron chi connectivity index (χ3n) is 1.26. The number of hydrogen-bond donors (Lipinski definition) is 3. The van der Waals surface area contributed by atoms with Crippen molar-refractivity contribution < 1.29 is 0 Å². The predicted molar refractivity (Wildman–Crippen MR) is 42.8 cm³/mol. The maximum absolute atomic E-state index is 5.55. The second-order valence-corrected chi connectivity index (χ2v) is 2.49. The highest BCUT2D eigenvalue weighted by molar-refractivity contribution is 4.54. The van der Waals surface area contributed by atoms with E-state index in [2.05, 4.69) is 6.92 Å². The van der Waals surface area contributed by atoms with Crippen LogP contribution >= 0.6 is 0 Å². The molecule has 0 radical (unpaired) electrons. The van der Waals surface area contributed by atoms with Crippen LogP contribution in [0.25, 0.3) is 0 Å². The fraction of sp³-hybridized carbons (Fsp3) is 1.00. The SMILES string of the molecule is CCCN(N)CCC(N)N. The summed E-state index contributed by atoms with van der Waals surface area (Å²) in [5, 5.41) is 1.74. The molecule has 0 saturated carbocycles. The number of nitrogens with zero attached hydrogens (tertiary/aromatic N) is 1. The van der Waals surface area contributed by atoms with Gasteiger partial charge in [-0.25, -0.2) is 5.01 Å². The summed E-state index contributed by atoms with van der Waals surface area (Å²) in [7, 11) is 0. The first-order chi connectivity index (χ1) is 4.66. The van der Waals surface area contributed by atoms with E-state index in [4.69, 9.17) is 17.3 Å². The summed E-state index contributed by atoms with van der Waals surface area (Å²) in [6, 6.07) is 0. The average Bonchev–Trinajstić information content (AvgIpc) is 1.85. The average molecular weight is 146 g/mol. The third kappa shape index (κ3) is 5.97. The molecule has 10 heavy (non-hydrogen) atoms. The molecular formula is C6H18N4. The lowest BCUT2D eigenvalue weighted by atomic mass is 10.3. The molecule has 0 aromatic rings. The number of nitrogens with two attached hydrogens (primary N) is 3. The van der Waals surface area contributed by atoms with Gasteiger partial charge in [0.25, 0.3) is 0 Å². The largest absolute Gasteiger partial charge is 0.316 e. The van der Waals surface area contributed by atoms with Gasteiger partial charge in [0.1, 0.15) is 0 Å². The van der Waals surface area contributed by atoms with Gasteiger partial charge in [-0.15, -0.1) is 0 Å². The van der Waals surface area contributed by atoms with Crippen LogP contribution in [-0.4, -0.2) is 24.3 Å². The molecule has 62 valence electrons. The Balaban J connectivity index is 3.12. The molecule has 0 aromatic carbocycles. The van der Waals surface area contributed by atoms with Crippen molar-refractivity contribution in [2.75, 3.05) is 13.1 Å². The van der Waals surface area contributed by atoms with Crippen LogP contribution in [-0.2, 0) is 0 Å². The van der Waals surface area contributed by atoms with Gasteiger partial charge in [-0.2, -0.15) is 0 Å². The van der Waals surface area contributed by atoms with Crippen molar-refractivity contribution in [3.63, 3.8) is 0 Å². The minimum Gasteiger partial charge on any atom is -0.316 e. The van der Waals surface area contributed by atoms with E-state index in [9.17, 15) is 0 Å². The van der Waals surface area contributed by atoms with Crippen molar-refractivity contribution in [2.45, 2.75) is 25.9 Å². The summed E-state index contributed by atoms with van der Waals surface area (Å²) in [6.45, 7) is 3.78. The van der Waals surface area contributed by atoms with Crippen LogP contribution in [0.1, 0.15) is 19.8 Å². The maximum Gasteiger partial charge on any atom is 0.0533 e. The molecule has 6 N–H and O–H groups in total. The van der Waals surface area contributed by atoms with E-state index in [0.717, 1.165) is 25.9 Å². The lowest BCUT2D eigenvalue weighted by Gasteiger charge is -2.15. The molecule has 0 atom stereocenters. The van der Waals surface area contributed by atoms with Crippen LogP contribution in [0, 0.1) is 0 Å². The Morgan fingerprint density at radius 1 is 1.30 bits per heavy atom. The van der Waals surface area contributed by atoms with Gasteiger partial charge in [0.05, 0.1) is 6.17 Å². The Morgan fingerprint density at radius 2 is 1.90 bits per heavy atom. The molecular weight excluding hydrogens is 128 g/mol. The summed E-state index contributed by atoms with van der Waals surface area (Å²) < 4.78 is 0. The minimum atomic E-state index is -0.233. The fourth-order valence-corrected chi connectivity index (χ4v) is 0.714. The number of rotatable bonds is 5. The quantitative estimate of drug-likeness (QED) is 0.269. The van der Waals surface area contributed by atoms with Gasteiger partial charge in [-0.3, -0.25) is 5.84 Å². The predicted octanol–water partition coefficient (Wildman–Crippen LogP) is -0.794. The Kier molecular flexibility index (Phi) is 5.52. The summed E-state index contributed by atoms with van der Waals surface area (Å²) in [4.78, 5) is 0. The first-order valence-corrected chi connectivity index (χ1v) is 3.67. The second-order valence-electron chi connectivity index (χ2n) is 2.49. The van der Waals surface area contributed by atoms with E-state index in [1.165, 1.54) is 0 Å². The molecule has 0 bridgehead atoms. The Morgan fingerprint density at radius 3 is 2.30 bits per heavy atom. The molecule has 0 heterocycles. The smallest absolute Gasteiger partial charge is 0.0533 e. The third-order valence-corrected chi connectivity index (χ3v) is 1.26. The van der Waals surface area contributed by atoms with Gasteiger partial charge in [0, 0.05) is 13.1 Å². The van der Waals surface area contributed by atoms with E-state index >= 15 is 0 Å². The summed E-state index contributed by atoms with van der Waals surface area (Å²) in [5.41, 5.74) is 10.7. The molecule has 0 aromatic heterocycles. The van der Waals surface area contributed by atoms with Crippen LogP contribution in [0.5, 0.6) is 0 Å². The summed E-state index contributed by atoms with van der Waals surface area (Å²) in [6.07, 6.45) is 1.59. The molecule has 0 amide bonds. The van der Waals surface area contributed by atoms with Gasteiger partial charge >= 0.3 is 0 Å². The van der Waals surface area contributed by atoms with Crippen LogP contribution in [0.2, 0.25) is 0 Å². The van der Waals surface area contributed by atoms with Gasteiger partial charge in [0.15, 0.2) is 0 Å². The topological polar surface area (TPSA) is 81.3 Å². The Bertz CT molecular complexity index is 74.1. The molecule has 4 heteroatoms. The molecule has 0 saturated heterocycles. The van der Waals surface area contributed by atoms with E-state index in [1.54, 1.807) is 5.01 Å². The summed E-state index contributed by atoms with van der Waals surface area (Å²) in [5.74, 6) is 5.55. The molecule has 0 rings (SSSR count). The van der Waals surface area contributed by atoms with Crippen molar-refractivity contribution in [3.05, 3.63) is 0 Å². The van der Waals surface area contributed by atoms with Crippen LogP contribution < -0.4 is 17.3 Å². The van der Waals surface area contributed by atoms with E-state index < -0.39 is 0 Å². The maximum atomic E-state index is 5.55. The molecule has 0 aliphatic carbocycles. The molecule has 0 fully saturated rings. The van der Waals surface area contributed by atoms with Gasteiger partial charge < -0.3 is 11.5 Å². The zero-order chi connectivity index (χ0) is 7.98. The highest BCUT2D eigenvalue weighted by Crippen LogP contribution is 1.86. The molecule has 0 aliphatic heterocycles. The van der Waals surface area contributed by atoms with Gasteiger partial charge in [0.2, 0.25) is 0 Å².